The molecular weight excluding hydrogens is 542 g/mol. The summed E-state index contributed by atoms with van der Waals surface area (Å²) in [6, 6.07) is 37.8. The number of allylic oxidation sites excluding steroid dienone is 1. The molecule has 0 N–H and O–H groups in total. The fourth-order valence-electron chi connectivity index (χ4n) is 7.78. The molecular formula is C44H49N. The van der Waals surface area contributed by atoms with Crippen molar-refractivity contribution in [1.29, 1.82) is 5.26 Å². The smallest absolute Gasteiger partial charge is 0.0991 e. The van der Waals surface area contributed by atoms with Gasteiger partial charge in [-0.15, -0.1) is 0 Å². The molecule has 0 atom stereocenters. The van der Waals surface area contributed by atoms with Crippen molar-refractivity contribution in [2.24, 2.45) is 11.8 Å². The molecule has 0 unspecified atom stereocenters. The Labute approximate surface area is 272 Å². The van der Waals surface area contributed by atoms with E-state index in [1.54, 1.807) is 5.56 Å². The fourth-order valence-corrected chi connectivity index (χ4v) is 7.78. The van der Waals surface area contributed by atoms with E-state index in [1.807, 2.05) is 24.3 Å². The van der Waals surface area contributed by atoms with Crippen LogP contribution in [0.5, 0.6) is 0 Å². The number of unbranched alkanes of at least 4 members (excludes halogenated alkanes) is 2. The van der Waals surface area contributed by atoms with Gasteiger partial charge in [0.25, 0.3) is 0 Å². The van der Waals surface area contributed by atoms with Gasteiger partial charge in [-0.3, -0.25) is 0 Å². The standard InChI is InChI=1S/C44H49N/c1-2-3-4-5-33-8-16-37(17-9-33)41-24-26-42(27-25-41)38-18-10-34(11-19-38)6-7-35-12-20-39(21-13-35)43-28-30-44(31-29-43)40-22-14-36(32-45)15-23-40/h6-7,10-11,14-15,18-19,22-31,33,35,37,39H,2-5,8-9,12-13,16-17,20-21H2,1H3/t33-,35-,37-,39-. The van der Waals surface area contributed by atoms with Crippen molar-refractivity contribution in [2.45, 2.75) is 95.8 Å². The maximum absolute atomic E-state index is 9.05. The molecule has 4 aromatic carbocycles. The minimum Gasteiger partial charge on any atom is -0.192 e. The summed E-state index contributed by atoms with van der Waals surface area (Å²) in [7, 11) is 0. The van der Waals surface area contributed by atoms with Gasteiger partial charge in [0, 0.05) is 0 Å². The van der Waals surface area contributed by atoms with Crippen LogP contribution in [0.15, 0.2) is 103 Å². The van der Waals surface area contributed by atoms with Crippen molar-refractivity contribution in [3.8, 4) is 28.3 Å². The van der Waals surface area contributed by atoms with E-state index >= 15 is 0 Å². The van der Waals surface area contributed by atoms with E-state index in [0.29, 0.717) is 17.4 Å². The van der Waals surface area contributed by atoms with Crippen LogP contribution in [0.4, 0.5) is 0 Å². The Balaban J connectivity index is 0.962. The molecule has 0 heterocycles. The first kappa shape index (κ1) is 31.1. The van der Waals surface area contributed by atoms with Gasteiger partial charge in [-0.05, 0) is 126 Å². The number of nitriles is 1. The number of hydrogen-bond donors (Lipinski definition) is 0. The highest BCUT2D eigenvalue weighted by atomic mass is 14.3. The average Bonchev–Trinajstić information content (AvgIpc) is 3.12. The Morgan fingerprint density at radius 2 is 1.04 bits per heavy atom. The molecule has 45 heavy (non-hydrogen) atoms. The van der Waals surface area contributed by atoms with E-state index in [9.17, 15) is 0 Å². The van der Waals surface area contributed by atoms with Gasteiger partial charge < -0.3 is 0 Å². The van der Waals surface area contributed by atoms with E-state index < -0.39 is 0 Å². The molecule has 2 aliphatic rings. The third kappa shape index (κ3) is 8.23. The Morgan fingerprint density at radius 1 is 0.578 bits per heavy atom. The van der Waals surface area contributed by atoms with Crippen LogP contribution in [0.25, 0.3) is 28.3 Å². The summed E-state index contributed by atoms with van der Waals surface area (Å²) in [5.74, 6) is 3.05. The number of rotatable bonds is 10. The van der Waals surface area contributed by atoms with Crippen LogP contribution in [0.1, 0.15) is 118 Å². The van der Waals surface area contributed by atoms with Crippen molar-refractivity contribution in [3.63, 3.8) is 0 Å². The zero-order valence-electron chi connectivity index (χ0n) is 27.1. The predicted octanol–water partition coefficient (Wildman–Crippen LogP) is 12.7. The zero-order chi connectivity index (χ0) is 30.8. The molecule has 0 radical (unpaired) electrons. The van der Waals surface area contributed by atoms with Gasteiger partial charge in [0.05, 0.1) is 11.6 Å². The van der Waals surface area contributed by atoms with Gasteiger partial charge >= 0.3 is 0 Å². The van der Waals surface area contributed by atoms with Gasteiger partial charge in [-0.2, -0.15) is 5.26 Å². The molecule has 0 bridgehead atoms. The second-order valence-corrected chi connectivity index (χ2v) is 13.7. The summed E-state index contributed by atoms with van der Waals surface area (Å²) in [5, 5.41) is 9.05. The van der Waals surface area contributed by atoms with Gasteiger partial charge in [0.1, 0.15) is 0 Å². The highest BCUT2D eigenvalue weighted by Gasteiger charge is 2.22. The molecule has 2 saturated carbocycles. The highest BCUT2D eigenvalue weighted by molar-refractivity contribution is 5.66. The maximum Gasteiger partial charge on any atom is 0.0991 e. The summed E-state index contributed by atoms with van der Waals surface area (Å²) in [6.45, 7) is 2.31. The quantitative estimate of drug-likeness (QED) is 0.168. The Morgan fingerprint density at radius 3 is 1.53 bits per heavy atom. The van der Waals surface area contributed by atoms with Crippen LogP contribution in [0.3, 0.4) is 0 Å². The van der Waals surface area contributed by atoms with Crippen molar-refractivity contribution in [2.75, 3.05) is 0 Å². The van der Waals surface area contributed by atoms with Crippen LogP contribution in [0, 0.1) is 23.2 Å². The van der Waals surface area contributed by atoms with Gasteiger partial charge in [0.2, 0.25) is 0 Å². The monoisotopic (exact) mass is 591 g/mol. The second-order valence-electron chi connectivity index (χ2n) is 13.7. The predicted molar refractivity (Wildman–Crippen MR) is 191 cm³/mol. The molecule has 230 valence electrons. The summed E-state index contributed by atoms with van der Waals surface area (Å²) in [6.07, 6.45) is 21.0. The molecule has 6 rings (SSSR count). The summed E-state index contributed by atoms with van der Waals surface area (Å²) < 4.78 is 0. The third-order valence-electron chi connectivity index (χ3n) is 10.8. The lowest BCUT2D eigenvalue weighted by Gasteiger charge is -2.29. The van der Waals surface area contributed by atoms with Gasteiger partial charge in [0.15, 0.2) is 0 Å². The van der Waals surface area contributed by atoms with Gasteiger partial charge in [-0.1, -0.05) is 130 Å². The van der Waals surface area contributed by atoms with E-state index in [1.165, 1.54) is 110 Å². The summed E-state index contributed by atoms with van der Waals surface area (Å²) >= 11 is 0. The van der Waals surface area contributed by atoms with Crippen molar-refractivity contribution in [1.82, 2.24) is 0 Å². The summed E-state index contributed by atoms with van der Waals surface area (Å²) in [4.78, 5) is 0. The molecule has 2 aliphatic carbocycles. The lowest BCUT2D eigenvalue weighted by atomic mass is 9.77. The molecule has 0 spiro atoms. The third-order valence-corrected chi connectivity index (χ3v) is 10.8. The van der Waals surface area contributed by atoms with E-state index in [2.05, 4.69) is 97.9 Å². The largest absolute Gasteiger partial charge is 0.192 e. The molecule has 0 amide bonds. The van der Waals surface area contributed by atoms with Crippen LogP contribution < -0.4 is 0 Å². The maximum atomic E-state index is 9.05. The molecule has 4 aromatic rings. The van der Waals surface area contributed by atoms with Crippen molar-refractivity contribution < 1.29 is 0 Å². The van der Waals surface area contributed by atoms with Crippen LogP contribution in [0.2, 0.25) is 0 Å². The highest BCUT2D eigenvalue weighted by Crippen LogP contribution is 2.39. The number of hydrogen-bond acceptors (Lipinski definition) is 1. The lowest BCUT2D eigenvalue weighted by Crippen LogP contribution is -2.13. The van der Waals surface area contributed by atoms with Crippen LogP contribution in [-0.2, 0) is 0 Å². The van der Waals surface area contributed by atoms with Gasteiger partial charge in [-0.25, -0.2) is 0 Å². The molecule has 0 aromatic heterocycles. The van der Waals surface area contributed by atoms with E-state index in [0.717, 1.165) is 11.8 Å². The molecule has 0 saturated heterocycles. The minimum atomic E-state index is 0.654. The first-order valence-corrected chi connectivity index (χ1v) is 17.7. The number of nitrogens with zero attached hydrogens (tertiary/aromatic N) is 1. The molecule has 1 heteroatoms. The van der Waals surface area contributed by atoms with Crippen LogP contribution in [-0.4, -0.2) is 0 Å². The van der Waals surface area contributed by atoms with E-state index in [4.69, 9.17) is 5.26 Å². The van der Waals surface area contributed by atoms with E-state index in [-0.39, 0.29) is 0 Å². The minimum absolute atomic E-state index is 0.654. The van der Waals surface area contributed by atoms with Crippen LogP contribution >= 0.6 is 0 Å². The molecule has 2 fully saturated rings. The first-order valence-electron chi connectivity index (χ1n) is 17.7. The Hall–Kier alpha value is -3.89. The lowest BCUT2D eigenvalue weighted by molar-refractivity contribution is 0.303. The SMILES string of the molecule is CCCCC[C@H]1CC[C@H](c2ccc(-c3ccc(C=C[C@H]4CC[C@H](c5ccc(-c6ccc(C#N)cc6)cc5)CC4)cc3)cc2)CC1. The average molecular weight is 592 g/mol. The Bertz CT molecular complexity index is 1540. The molecule has 0 aliphatic heterocycles. The second kappa shape index (κ2) is 15.4. The topological polar surface area (TPSA) is 23.8 Å². The zero-order valence-corrected chi connectivity index (χ0v) is 27.1. The fraction of sp³-hybridized carbons (Fsp3) is 0.386. The molecule has 1 nitrogen and oxygen atoms in total. The normalized spacial score (nSPS) is 21.9. The number of benzene rings is 4. The Kier molecular flexibility index (Phi) is 10.6. The van der Waals surface area contributed by atoms with Crippen molar-refractivity contribution >= 4 is 6.08 Å². The first-order chi connectivity index (χ1) is 22.2. The summed E-state index contributed by atoms with van der Waals surface area (Å²) in [5.41, 5.74) is 10.0. The van der Waals surface area contributed by atoms with Crippen molar-refractivity contribution in [3.05, 3.63) is 125 Å².